The van der Waals surface area contributed by atoms with Crippen molar-refractivity contribution in [3.63, 3.8) is 0 Å². The summed E-state index contributed by atoms with van der Waals surface area (Å²) in [6, 6.07) is 1.29. The fraction of sp³-hybridized carbons (Fsp3) is 0.556. The van der Waals surface area contributed by atoms with Crippen LogP contribution in [0.1, 0.15) is 11.8 Å². The van der Waals surface area contributed by atoms with Crippen LogP contribution >= 0.6 is 38.9 Å². The molecule has 3 nitrogen and oxygen atoms in total. The molecule has 19 heavy (non-hydrogen) atoms. The molecule has 0 N–H and O–H groups in total. The molecule has 0 unspecified atom stereocenters. The van der Waals surface area contributed by atoms with Gasteiger partial charge in [-0.25, -0.2) is 8.42 Å². The summed E-state index contributed by atoms with van der Waals surface area (Å²) < 4.78 is 62.1. The minimum Gasteiger partial charge on any atom is -0.207 e. The van der Waals surface area contributed by atoms with Crippen molar-refractivity contribution in [2.24, 2.45) is 0 Å². The molecule has 1 rings (SSSR count). The Morgan fingerprint density at radius 2 is 2.05 bits per heavy atom. The summed E-state index contributed by atoms with van der Waals surface area (Å²) in [5.74, 6) is 0.101. The molecule has 0 aliphatic heterocycles. The van der Waals surface area contributed by atoms with Crippen molar-refractivity contribution in [1.82, 2.24) is 4.31 Å². The van der Waals surface area contributed by atoms with E-state index >= 15 is 0 Å². The molecule has 0 aromatic carbocycles. The Morgan fingerprint density at radius 3 is 2.42 bits per heavy atom. The van der Waals surface area contributed by atoms with E-state index < -0.39 is 22.7 Å². The Hall–Kier alpha value is 0.170. The fourth-order valence-corrected chi connectivity index (χ4v) is 5.50. The van der Waals surface area contributed by atoms with Crippen molar-refractivity contribution in [2.45, 2.75) is 23.9 Å². The number of thiophene rings is 1. The van der Waals surface area contributed by atoms with Crippen LogP contribution in [0.5, 0.6) is 0 Å². The Bertz CT molecular complexity index is 544. The standard InChI is InChI=1S/C9H10BrClF3NO2S2/c1-2-15(5-9(12,13)14)19(16,17)7-3-6(4-11)18-8(7)10/h3H,2,4-5H2,1H3. The second kappa shape index (κ2) is 6.30. The van der Waals surface area contributed by atoms with Crippen LogP contribution < -0.4 is 0 Å². The molecule has 10 heteroatoms. The average molecular weight is 401 g/mol. The summed E-state index contributed by atoms with van der Waals surface area (Å²) in [6.07, 6.45) is -4.58. The Kier molecular flexibility index (Phi) is 5.71. The topological polar surface area (TPSA) is 37.4 Å². The third kappa shape index (κ3) is 4.32. The lowest BCUT2D eigenvalue weighted by Gasteiger charge is -2.21. The van der Waals surface area contributed by atoms with E-state index in [-0.39, 0.29) is 21.1 Å². The van der Waals surface area contributed by atoms with Gasteiger partial charge in [0.15, 0.2) is 0 Å². The number of nitrogens with zero attached hydrogens (tertiary/aromatic N) is 1. The van der Waals surface area contributed by atoms with E-state index in [4.69, 9.17) is 11.6 Å². The summed E-state index contributed by atoms with van der Waals surface area (Å²) in [7, 11) is -4.19. The Labute approximate surface area is 126 Å². The number of alkyl halides is 4. The maximum Gasteiger partial charge on any atom is 0.402 e. The SMILES string of the molecule is CCN(CC(F)(F)F)S(=O)(=O)c1cc(CCl)sc1Br. The number of sulfonamides is 1. The Morgan fingerprint density at radius 1 is 1.47 bits per heavy atom. The van der Waals surface area contributed by atoms with E-state index in [2.05, 4.69) is 15.9 Å². The highest BCUT2D eigenvalue weighted by molar-refractivity contribution is 9.11. The van der Waals surface area contributed by atoms with Crippen molar-refractivity contribution in [2.75, 3.05) is 13.1 Å². The minimum absolute atomic E-state index is 0.101. The maximum absolute atomic E-state index is 12.4. The van der Waals surface area contributed by atoms with E-state index in [0.717, 1.165) is 11.3 Å². The van der Waals surface area contributed by atoms with E-state index in [9.17, 15) is 21.6 Å². The lowest BCUT2D eigenvalue weighted by molar-refractivity contribution is -0.135. The van der Waals surface area contributed by atoms with Crippen molar-refractivity contribution in [1.29, 1.82) is 0 Å². The van der Waals surface area contributed by atoms with Crippen molar-refractivity contribution in [3.8, 4) is 0 Å². The third-order valence-electron chi connectivity index (χ3n) is 2.16. The van der Waals surface area contributed by atoms with E-state index in [0.29, 0.717) is 9.18 Å². The van der Waals surface area contributed by atoms with Gasteiger partial charge in [0.25, 0.3) is 0 Å². The van der Waals surface area contributed by atoms with Gasteiger partial charge in [0.1, 0.15) is 11.4 Å². The van der Waals surface area contributed by atoms with Crippen LogP contribution in [-0.2, 0) is 15.9 Å². The summed E-state index contributed by atoms with van der Waals surface area (Å²) in [4.78, 5) is 0.384. The number of halogens is 5. The molecule has 0 saturated heterocycles. The lowest BCUT2D eigenvalue weighted by Crippen LogP contribution is -2.38. The number of hydrogen-bond acceptors (Lipinski definition) is 3. The average Bonchev–Trinajstić information content (AvgIpc) is 2.66. The summed E-state index contributed by atoms with van der Waals surface area (Å²) >= 11 is 9.71. The molecule has 0 saturated carbocycles. The second-order valence-corrected chi connectivity index (χ2v) is 8.16. The van der Waals surface area contributed by atoms with E-state index in [1.807, 2.05) is 0 Å². The Balaban J connectivity index is 3.17. The largest absolute Gasteiger partial charge is 0.402 e. The van der Waals surface area contributed by atoms with Gasteiger partial charge in [-0.15, -0.1) is 22.9 Å². The monoisotopic (exact) mass is 399 g/mol. The summed E-state index contributed by atoms with van der Waals surface area (Å²) in [5, 5.41) is 0. The molecule has 1 heterocycles. The molecule has 1 aromatic rings. The molecule has 0 bridgehead atoms. The van der Waals surface area contributed by atoms with Gasteiger partial charge in [-0.05, 0) is 22.0 Å². The lowest BCUT2D eigenvalue weighted by atomic mass is 10.5. The molecule has 0 aliphatic carbocycles. The van der Waals surface area contributed by atoms with Gasteiger partial charge in [-0.2, -0.15) is 17.5 Å². The molecular weight excluding hydrogens is 391 g/mol. The highest BCUT2D eigenvalue weighted by Crippen LogP contribution is 2.35. The maximum atomic E-state index is 12.4. The first-order chi connectivity index (χ1) is 8.61. The summed E-state index contributed by atoms with van der Waals surface area (Å²) in [6.45, 7) is -0.420. The summed E-state index contributed by atoms with van der Waals surface area (Å²) in [5.41, 5.74) is 0. The van der Waals surface area contributed by atoms with Crippen molar-refractivity contribution in [3.05, 3.63) is 14.7 Å². The molecule has 1 aromatic heterocycles. The molecular formula is C9H10BrClF3NO2S2. The van der Waals surface area contributed by atoms with Gasteiger partial charge in [0, 0.05) is 11.4 Å². The first-order valence-electron chi connectivity index (χ1n) is 5.03. The fourth-order valence-electron chi connectivity index (χ4n) is 1.35. The quantitative estimate of drug-likeness (QED) is 0.705. The van der Waals surface area contributed by atoms with Gasteiger partial charge in [-0.1, -0.05) is 6.92 Å². The minimum atomic E-state index is -4.58. The highest BCUT2D eigenvalue weighted by Gasteiger charge is 2.37. The van der Waals surface area contributed by atoms with Gasteiger partial charge >= 0.3 is 6.18 Å². The highest BCUT2D eigenvalue weighted by atomic mass is 79.9. The molecule has 0 atom stereocenters. The molecule has 0 fully saturated rings. The second-order valence-electron chi connectivity index (χ2n) is 3.53. The molecule has 0 radical (unpaired) electrons. The molecule has 0 spiro atoms. The van der Waals surface area contributed by atoms with Crippen LogP contribution in [0.2, 0.25) is 0 Å². The van der Waals surface area contributed by atoms with Gasteiger partial charge < -0.3 is 0 Å². The van der Waals surface area contributed by atoms with E-state index in [1.54, 1.807) is 0 Å². The van der Waals surface area contributed by atoms with Crippen LogP contribution in [0.3, 0.4) is 0 Å². The van der Waals surface area contributed by atoms with Crippen LogP contribution in [0.4, 0.5) is 13.2 Å². The van der Waals surface area contributed by atoms with Gasteiger partial charge in [0.2, 0.25) is 10.0 Å². The zero-order valence-corrected chi connectivity index (χ0v) is 13.6. The van der Waals surface area contributed by atoms with Crippen molar-refractivity contribution < 1.29 is 21.6 Å². The molecule has 0 amide bonds. The van der Waals surface area contributed by atoms with Gasteiger partial charge in [0.05, 0.1) is 9.67 Å². The first kappa shape index (κ1) is 17.2. The normalized spacial score (nSPS) is 13.2. The zero-order chi connectivity index (χ0) is 14.8. The van der Waals surface area contributed by atoms with Gasteiger partial charge in [-0.3, -0.25) is 0 Å². The van der Waals surface area contributed by atoms with Crippen LogP contribution in [0.25, 0.3) is 0 Å². The predicted molar refractivity (Wildman–Crippen MR) is 72.1 cm³/mol. The van der Waals surface area contributed by atoms with Crippen LogP contribution in [0.15, 0.2) is 14.7 Å². The van der Waals surface area contributed by atoms with E-state index in [1.165, 1.54) is 13.0 Å². The third-order valence-corrected chi connectivity index (χ3v) is 6.78. The number of rotatable bonds is 5. The first-order valence-corrected chi connectivity index (χ1v) is 8.61. The molecule has 0 aliphatic rings. The predicted octanol–water partition coefficient (Wildman–Crippen LogP) is 3.82. The number of hydrogen-bond donors (Lipinski definition) is 0. The van der Waals surface area contributed by atoms with Crippen molar-refractivity contribution >= 4 is 48.9 Å². The van der Waals surface area contributed by atoms with Crippen LogP contribution in [0, 0.1) is 0 Å². The van der Waals surface area contributed by atoms with Crippen LogP contribution in [-0.4, -0.2) is 32.0 Å². The smallest absolute Gasteiger partial charge is 0.207 e. The molecule has 110 valence electrons. The zero-order valence-electron chi connectivity index (χ0n) is 9.67.